The number of methoxy groups -OCH3 is 1. The Morgan fingerprint density at radius 2 is 1.24 bits per heavy atom. The lowest BCUT2D eigenvalue weighted by atomic mass is 9.97. The van der Waals surface area contributed by atoms with Crippen LogP contribution in [0.1, 0.15) is 16.8 Å². The Labute approximate surface area is 199 Å². The minimum Gasteiger partial charge on any atom is -0.508 e. The van der Waals surface area contributed by atoms with Gasteiger partial charge in [-0.3, -0.25) is 0 Å². The van der Waals surface area contributed by atoms with E-state index < -0.39 is 12.8 Å². The van der Waals surface area contributed by atoms with Crippen molar-refractivity contribution in [2.24, 2.45) is 0 Å². The van der Waals surface area contributed by atoms with E-state index in [0.29, 0.717) is 5.56 Å². The van der Waals surface area contributed by atoms with E-state index in [2.05, 4.69) is 0 Å². The van der Waals surface area contributed by atoms with E-state index in [9.17, 15) is 5.11 Å². The second kappa shape index (κ2) is 9.21. The fourth-order valence-corrected chi connectivity index (χ4v) is 8.01. The average Bonchev–Trinajstić information content (AvgIpc) is 2.91. The molecule has 0 aliphatic rings. The number of rotatable bonds is 6. The molecule has 0 aliphatic carbocycles. The Hall–Kier alpha value is -3.81. The van der Waals surface area contributed by atoms with Gasteiger partial charge in [0, 0.05) is 16.2 Å². The summed E-state index contributed by atoms with van der Waals surface area (Å²) in [6.07, 6.45) is 0. The van der Waals surface area contributed by atoms with E-state index in [1.54, 1.807) is 13.2 Å². The molecule has 5 rings (SSSR count). The van der Waals surface area contributed by atoms with Crippen molar-refractivity contribution < 1.29 is 14.4 Å². The highest BCUT2D eigenvalue weighted by Gasteiger charge is 2.41. The molecule has 34 heavy (non-hydrogen) atoms. The van der Waals surface area contributed by atoms with Crippen LogP contribution in [0.15, 0.2) is 121 Å². The standard InChI is InChI=1S/C30H25O3P/c1-33-24-19-16-23(17-20-24)30(29-27-15-9-8-10-22(27)18-21-28(29)31)34(32,25-11-4-2-5-12-25)26-13-6-3-7-14-26/h2-21,30-31H,1H3. The van der Waals surface area contributed by atoms with E-state index in [1.807, 2.05) is 115 Å². The van der Waals surface area contributed by atoms with Crippen molar-refractivity contribution in [2.45, 2.75) is 5.66 Å². The van der Waals surface area contributed by atoms with E-state index in [4.69, 9.17) is 4.74 Å². The van der Waals surface area contributed by atoms with Crippen LogP contribution in [0.4, 0.5) is 0 Å². The molecule has 0 saturated carbocycles. The highest BCUT2D eigenvalue weighted by atomic mass is 31.2. The number of phenols is 1. The molecule has 168 valence electrons. The van der Waals surface area contributed by atoms with Crippen LogP contribution in [0.25, 0.3) is 10.8 Å². The maximum absolute atomic E-state index is 15.5. The van der Waals surface area contributed by atoms with Gasteiger partial charge in [-0.15, -0.1) is 0 Å². The minimum absolute atomic E-state index is 0.131. The maximum Gasteiger partial charge on any atom is 0.154 e. The van der Waals surface area contributed by atoms with Crippen LogP contribution < -0.4 is 15.3 Å². The SMILES string of the molecule is COc1ccc(C(c2c(O)ccc3ccccc23)P(=O)(c2ccccc2)c2ccccc2)cc1. The summed E-state index contributed by atoms with van der Waals surface area (Å²) in [5.74, 6) is 0.852. The molecule has 0 spiro atoms. The van der Waals surface area contributed by atoms with Gasteiger partial charge in [-0.2, -0.15) is 0 Å². The van der Waals surface area contributed by atoms with Gasteiger partial charge in [-0.05, 0) is 34.5 Å². The Morgan fingerprint density at radius 1 is 0.676 bits per heavy atom. The maximum atomic E-state index is 15.5. The number of aromatic hydroxyl groups is 1. The van der Waals surface area contributed by atoms with Gasteiger partial charge in [-0.1, -0.05) is 103 Å². The Bertz CT molecular complexity index is 1420. The van der Waals surface area contributed by atoms with Crippen molar-refractivity contribution in [3.63, 3.8) is 0 Å². The summed E-state index contributed by atoms with van der Waals surface area (Å²) in [5, 5.41) is 14.6. The van der Waals surface area contributed by atoms with Crippen molar-refractivity contribution in [3.8, 4) is 11.5 Å². The van der Waals surface area contributed by atoms with Crippen LogP contribution in [0.3, 0.4) is 0 Å². The molecule has 0 amide bonds. The van der Waals surface area contributed by atoms with Gasteiger partial charge < -0.3 is 14.4 Å². The summed E-state index contributed by atoms with van der Waals surface area (Å²) in [5.41, 5.74) is 0.914. The lowest BCUT2D eigenvalue weighted by Gasteiger charge is -2.31. The lowest BCUT2D eigenvalue weighted by molar-refractivity contribution is 0.414. The molecular formula is C30H25O3P. The highest BCUT2D eigenvalue weighted by molar-refractivity contribution is 7.79. The topological polar surface area (TPSA) is 46.5 Å². The summed E-state index contributed by atoms with van der Waals surface area (Å²) in [6, 6.07) is 38.4. The number of fused-ring (bicyclic) bond motifs is 1. The molecule has 0 heterocycles. The average molecular weight is 465 g/mol. The minimum atomic E-state index is -3.33. The first-order valence-electron chi connectivity index (χ1n) is 11.2. The zero-order chi connectivity index (χ0) is 23.5. The summed E-state index contributed by atoms with van der Waals surface area (Å²) in [6.45, 7) is 0. The number of hydrogen-bond acceptors (Lipinski definition) is 3. The molecule has 0 bridgehead atoms. The fraction of sp³-hybridized carbons (Fsp3) is 0.0667. The summed E-state index contributed by atoms with van der Waals surface area (Å²) >= 11 is 0. The second-order valence-corrected chi connectivity index (χ2v) is 11.1. The highest BCUT2D eigenvalue weighted by Crippen LogP contribution is 2.62. The molecule has 0 saturated heterocycles. The number of phenolic OH excluding ortho intramolecular Hbond substituents is 1. The van der Waals surface area contributed by atoms with Gasteiger partial charge >= 0.3 is 0 Å². The zero-order valence-corrected chi connectivity index (χ0v) is 19.7. The summed E-state index contributed by atoms with van der Waals surface area (Å²) in [4.78, 5) is 0. The Kier molecular flexibility index (Phi) is 5.96. The summed E-state index contributed by atoms with van der Waals surface area (Å²) in [7, 11) is -1.71. The molecule has 3 nitrogen and oxygen atoms in total. The van der Waals surface area contributed by atoms with Crippen LogP contribution in [-0.4, -0.2) is 12.2 Å². The number of hydrogen-bond donors (Lipinski definition) is 1. The predicted octanol–water partition coefficient (Wildman–Crippen LogP) is 6.66. The molecule has 0 radical (unpaired) electrons. The van der Waals surface area contributed by atoms with E-state index in [1.165, 1.54) is 0 Å². The van der Waals surface area contributed by atoms with E-state index in [0.717, 1.165) is 32.7 Å². The van der Waals surface area contributed by atoms with Crippen LogP contribution in [0.2, 0.25) is 0 Å². The molecule has 5 aromatic carbocycles. The number of benzene rings is 5. The monoisotopic (exact) mass is 464 g/mol. The van der Waals surface area contributed by atoms with Crippen molar-refractivity contribution in [1.82, 2.24) is 0 Å². The van der Waals surface area contributed by atoms with E-state index in [-0.39, 0.29) is 5.75 Å². The molecule has 5 aromatic rings. The molecule has 4 heteroatoms. The Morgan fingerprint density at radius 3 is 1.82 bits per heavy atom. The molecule has 0 aliphatic heterocycles. The normalized spacial score (nSPS) is 12.4. The van der Waals surface area contributed by atoms with Gasteiger partial charge in [-0.25, -0.2) is 0 Å². The first kappa shape index (κ1) is 22.0. The molecular weight excluding hydrogens is 439 g/mol. The quantitative estimate of drug-likeness (QED) is 0.286. The van der Waals surface area contributed by atoms with Gasteiger partial charge in [0.25, 0.3) is 0 Å². The van der Waals surface area contributed by atoms with Crippen LogP contribution in [-0.2, 0) is 4.57 Å². The van der Waals surface area contributed by atoms with Crippen LogP contribution in [0, 0.1) is 0 Å². The number of ether oxygens (including phenoxy) is 1. The van der Waals surface area contributed by atoms with Crippen molar-refractivity contribution in [2.75, 3.05) is 7.11 Å². The molecule has 1 N–H and O–H groups in total. The molecule has 0 fully saturated rings. The molecule has 1 atom stereocenters. The zero-order valence-electron chi connectivity index (χ0n) is 18.8. The first-order valence-corrected chi connectivity index (χ1v) is 13.0. The third kappa shape index (κ3) is 3.79. The second-order valence-electron chi connectivity index (χ2n) is 8.22. The Balaban J connectivity index is 1.90. The van der Waals surface area contributed by atoms with Crippen LogP contribution in [0.5, 0.6) is 11.5 Å². The molecule has 0 aromatic heterocycles. The fourth-order valence-electron chi connectivity index (χ4n) is 4.66. The third-order valence-electron chi connectivity index (χ3n) is 6.30. The van der Waals surface area contributed by atoms with Crippen LogP contribution >= 0.6 is 7.14 Å². The van der Waals surface area contributed by atoms with Gasteiger partial charge in [0.05, 0.1) is 12.8 Å². The lowest BCUT2D eigenvalue weighted by Crippen LogP contribution is -2.22. The van der Waals surface area contributed by atoms with Crippen molar-refractivity contribution >= 4 is 28.5 Å². The van der Waals surface area contributed by atoms with Gasteiger partial charge in [0.2, 0.25) is 0 Å². The first-order chi connectivity index (χ1) is 16.6. The van der Waals surface area contributed by atoms with Crippen molar-refractivity contribution in [3.05, 3.63) is 132 Å². The van der Waals surface area contributed by atoms with Gasteiger partial charge in [0.15, 0.2) is 7.14 Å². The molecule has 1 unspecified atom stereocenters. The summed E-state index contributed by atoms with van der Waals surface area (Å²) < 4.78 is 20.9. The van der Waals surface area contributed by atoms with Crippen molar-refractivity contribution in [1.29, 1.82) is 0 Å². The predicted molar refractivity (Wildman–Crippen MR) is 140 cm³/mol. The van der Waals surface area contributed by atoms with Gasteiger partial charge in [0.1, 0.15) is 11.5 Å². The van der Waals surface area contributed by atoms with E-state index >= 15 is 4.57 Å². The third-order valence-corrected chi connectivity index (χ3v) is 9.71. The largest absolute Gasteiger partial charge is 0.508 e. The smallest absolute Gasteiger partial charge is 0.154 e.